The highest BCUT2D eigenvalue weighted by molar-refractivity contribution is 7.13. The van der Waals surface area contributed by atoms with Gasteiger partial charge < -0.3 is 10.4 Å². The van der Waals surface area contributed by atoms with Gasteiger partial charge in [-0.15, -0.1) is 11.3 Å². The fraction of sp³-hybridized carbons (Fsp3) is 0.643. The third kappa shape index (κ3) is 2.85. The molecule has 108 valence electrons. The first-order valence-electron chi connectivity index (χ1n) is 7.12. The molecule has 0 aromatic carbocycles. The molecule has 5 nitrogen and oxygen atoms in total. The second-order valence-electron chi connectivity index (χ2n) is 5.66. The van der Waals surface area contributed by atoms with E-state index in [1.165, 1.54) is 30.6 Å². The molecule has 1 aromatic rings. The van der Waals surface area contributed by atoms with Gasteiger partial charge in [0.05, 0.1) is 5.69 Å². The van der Waals surface area contributed by atoms with Crippen LogP contribution in [0.3, 0.4) is 0 Å². The molecule has 3 rings (SSSR count). The Kier molecular flexibility index (Phi) is 3.74. The molecule has 0 saturated heterocycles. The summed E-state index contributed by atoms with van der Waals surface area (Å²) in [6.07, 6.45) is 5.05. The van der Waals surface area contributed by atoms with Crippen LogP contribution in [0.4, 0.5) is 5.13 Å². The van der Waals surface area contributed by atoms with Gasteiger partial charge in [-0.05, 0) is 37.5 Å². The average molecular weight is 294 g/mol. The Morgan fingerprint density at radius 1 is 1.40 bits per heavy atom. The van der Waals surface area contributed by atoms with Crippen LogP contribution in [-0.2, 0) is 16.0 Å². The molecule has 6 heteroatoms. The number of fused-ring (bicyclic) bond motifs is 1. The molecule has 2 atom stereocenters. The van der Waals surface area contributed by atoms with Gasteiger partial charge in [-0.1, -0.05) is 6.42 Å². The van der Waals surface area contributed by atoms with Crippen LogP contribution in [-0.4, -0.2) is 22.0 Å². The van der Waals surface area contributed by atoms with E-state index in [2.05, 4.69) is 10.3 Å². The van der Waals surface area contributed by atoms with E-state index in [1.54, 1.807) is 0 Å². The van der Waals surface area contributed by atoms with Crippen molar-refractivity contribution in [2.45, 2.75) is 38.5 Å². The van der Waals surface area contributed by atoms with Gasteiger partial charge >= 0.3 is 5.97 Å². The van der Waals surface area contributed by atoms with Crippen LogP contribution in [0.25, 0.3) is 0 Å². The number of carboxylic acids is 1. The summed E-state index contributed by atoms with van der Waals surface area (Å²) in [4.78, 5) is 26.9. The quantitative estimate of drug-likeness (QED) is 0.845. The van der Waals surface area contributed by atoms with Gasteiger partial charge in [0, 0.05) is 17.7 Å². The molecule has 2 fully saturated rings. The first-order valence-corrected chi connectivity index (χ1v) is 8.00. The van der Waals surface area contributed by atoms with Gasteiger partial charge in [-0.3, -0.25) is 9.59 Å². The van der Waals surface area contributed by atoms with E-state index in [0.717, 1.165) is 5.69 Å². The lowest BCUT2D eigenvalue weighted by Crippen LogP contribution is -2.16. The van der Waals surface area contributed by atoms with Gasteiger partial charge in [-0.2, -0.15) is 0 Å². The molecule has 0 aliphatic heterocycles. The number of hydrogen-bond donors (Lipinski definition) is 2. The van der Waals surface area contributed by atoms with E-state index in [1.807, 2.05) is 5.38 Å². The first-order chi connectivity index (χ1) is 9.65. The summed E-state index contributed by atoms with van der Waals surface area (Å²) in [5.74, 6) is 0.776. The van der Waals surface area contributed by atoms with Crippen molar-refractivity contribution in [2.75, 3.05) is 5.32 Å². The van der Waals surface area contributed by atoms with E-state index in [0.29, 0.717) is 29.8 Å². The van der Waals surface area contributed by atoms with Crippen LogP contribution in [0.2, 0.25) is 0 Å². The minimum absolute atomic E-state index is 0.117. The van der Waals surface area contributed by atoms with Crippen molar-refractivity contribution >= 4 is 28.3 Å². The number of thiazole rings is 1. The van der Waals surface area contributed by atoms with Gasteiger partial charge in [0.2, 0.25) is 5.91 Å². The minimum atomic E-state index is -0.783. The Morgan fingerprint density at radius 3 is 2.85 bits per heavy atom. The van der Waals surface area contributed by atoms with E-state index in [9.17, 15) is 9.59 Å². The van der Waals surface area contributed by atoms with Crippen molar-refractivity contribution in [2.24, 2.45) is 17.8 Å². The van der Waals surface area contributed by atoms with Crippen LogP contribution in [0, 0.1) is 17.8 Å². The van der Waals surface area contributed by atoms with E-state index < -0.39 is 5.97 Å². The van der Waals surface area contributed by atoms with Gasteiger partial charge in [0.25, 0.3) is 0 Å². The summed E-state index contributed by atoms with van der Waals surface area (Å²) in [5.41, 5.74) is 0.863. The van der Waals surface area contributed by atoms with E-state index >= 15 is 0 Å². The number of hydrogen-bond acceptors (Lipinski definition) is 4. The minimum Gasteiger partial charge on any atom is -0.481 e. The Bertz CT molecular complexity index is 518. The number of amides is 1. The average Bonchev–Trinajstić information content (AvgIpc) is 2.78. The SMILES string of the molecule is O=C(O)CCCc1csc(NC(=O)C2C3CCCC32)n1. The zero-order chi connectivity index (χ0) is 14.1. The summed E-state index contributed by atoms with van der Waals surface area (Å²) < 4.78 is 0. The van der Waals surface area contributed by atoms with Crippen LogP contribution in [0.1, 0.15) is 37.8 Å². The van der Waals surface area contributed by atoms with Gasteiger partial charge in [0.15, 0.2) is 5.13 Å². The highest BCUT2D eigenvalue weighted by Gasteiger charge is 2.56. The lowest BCUT2D eigenvalue weighted by Gasteiger charge is -2.03. The maximum atomic E-state index is 12.1. The fourth-order valence-corrected chi connectivity index (χ4v) is 4.05. The Morgan fingerprint density at radius 2 is 2.15 bits per heavy atom. The Hall–Kier alpha value is -1.43. The predicted octanol–water partition coefficient (Wildman–Crippen LogP) is 2.54. The zero-order valence-electron chi connectivity index (χ0n) is 11.2. The van der Waals surface area contributed by atoms with Crippen molar-refractivity contribution in [3.63, 3.8) is 0 Å². The first kappa shape index (κ1) is 13.5. The number of aliphatic carboxylic acids is 1. The van der Waals surface area contributed by atoms with Crippen molar-refractivity contribution in [3.8, 4) is 0 Å². The molecule has 0 spiro atoms. The largest absolute Gasteiger partial charge is 0.481 e. The Balaban J connectivity index is 1.47. The molecule has 2 aliphatic rings. The number of rotatable bonds is 6. The number of aryl methyl sites for hydroxylation is 1. The highest BCUT2D eigenvalue weighted by Crippen LogP contribution is 2.57. The predicted molar refractivity (Wildman–Crippen MR) is 75.6 cm³/mol. The molecule has 2 N–H and O–H groups in total. The van der Waals surface area contributed by atoms with Crippen molar-refractivity contribution in [1.82, 2.24) is 4.98 Å². The molecule has 1 amide bonds. The molecule has 2 saturated carbocycles. The molecule has 1 heterocycles. The number of nitrogens with one attached hydrogen (secondary N) is 1. The fourth-order valence-electron chi connectivity index (χ4n) is 3.30. The van der Waals surface area contributed by atoms with Crippen LogP contribution in [0.15, 0.2) is 5.38 Å². The molecule has 1 aromatic heterocycles. The van der Waals surface area contributed by atoms with Crippen molar-refractivity contribution in [3.05, 3.63) is 11.1 Å². The van der Waals surface area contributed by atoms with Crippen molar-refractivity contribution in [1.29, 1.82) is 0 Å². The molecular weight excluding hydrogens is 276 g/mol. The monoisotopic (exact) mass is 294 g/mol. The summed E-state index contributed by atoms with van der Waals surface area (Å²) >= 11 is 1.42. The Labute approximate surface area is 121 Å². The summed E-state index contributed by atoms with van der Waals surface area (Å²) in [6, 6.07) is 0. The standard InChI is InChI=1S/C14H18N2O3S/c17-11(18)6-1-3-8-7-20-14(15-8)16-13(19)12-9-4-2-5-10(9)12/h7,9-10,12H,1-6H2,(H,17,18)(H,15,16,19). The number of aromatic nitrogens is 1. The lowest BCUT2D eigenvalue weighted by atomic mass is 10.1. The number of carbonyl (C=O) groups excluding carboxylic acids is 1. The lowest BCUT2D eigenvalue weighted by molar-refractivity contribution is -0.137. The second-order valence-corrected chi connectivity index (χ2v) is 6.52. The third-order valence-electron chi connectivity index (χ3n) is 4.31. The molecule has 0 radical (unpaired) electrons. The van der Waals surface area contributed by atoms with Crippen LogP contribution >= 0.6 is 11.3 Å². The summed E-state index contributed by atoms with van der Waals surface area (Å²) in [5, 5.41) is 14.0. The number of carboxylic acid groups (broad SMARTS) is 1. The van der Waals surface area contributed by atoms with Crippen molar-refractivity contribution < 1.29 is 14.7 Å². The highest BCUT2D eigenvalue weighted by atomic mass is 32.1. The van der Waals surface area contributed by atoms with E-state index in [4.69, 9.17) is 5.11 Å². The summed E-state index contributed by atoms with van der Waals surface area (Å²) in [7, 11) is 0. The van der Waals surface area contributed by atoms with Crippen LogP contribution in [0.5, 0.6) is 0 Å². The zero-order valence-corrected chi connectivity index (χ0v) is 12.0. The van der Waals surface area contributed by atoms with Gasteiger partial charge in [0.1, 0.15) is 0 Å². The number of nitrogens with zero attached hydrogens (tertiary/aromatic N) is 1. The second kappa shape index (κ2) is 5.52. The third-order valence-corrected chi connectivity index (χ3v) is 5.12. The molecule has 0 bridgehead atoms. The number of anilines is 1. The topological polar surface area (TPSA) is 79.3 Å². The maximum absolute atomic E-state index is 12.1. The van der Waals surface area contributed by atoms with E-state index in [-0.39, 0.29) is 18.2 Å². The molecule has 20 heavy (non-hydrogen) atoms. The maximum Gasteiger partial charge on any atom is 0.303 e. The molecular formula is C14H18N2O3S. The van der Waals surface area contributed by atoms with Crippen LogP contribution < -0.4 is 5.32 Å². The number of carbonyl (C=O) groups is 2. The molecule has 2 unspecified atom stereocenters. The van der Waals surface area contributed by atoms with Gasteiger partial charge in [-0.25, -0.2) is 4.98 Å². The smallest absolute Gasteiger partial charge is 0.303 e. The molecule has 2 aliphatic carbocycles. The summed E-state index contributed by atoms with van der Waals surface area (Å²) in [6.45, 7) is 0. The normalized spacial score (nSPS) is 27.1.